The fourth-order valence-corrected chi connectivity index (χ4v) is 4.56. The molecule has 2 N–H and O–H groups in total. The number of nitrogens with two attached hydrogens (primary N) is 1. The van der Waals surface area contributed by atoms with Gasteiger partial charge in [-0.1, -0.05) is 6.07 Å². The molecular formula is C14H18FNO4S. The fourth-order valence-electron chi connectivity index (χ4n) is 2.39. The molecule has 1 aromatic carbocycles. The first-order valence-corrected chi connectivity index (χ1v) is 8.39. The molecule has 1 fully saturated rings. The molecule has 0 heterocycles. The standard InChI is InChI=1S/C14H18FNO4S/c1-20-13(17)7-14(5-6-14)9-21(18,19)8-10-11(15)3-2-4-12(10)16/h2-4H,5-9,16H2,1H3. The maximum absolute atomic E-state index is 13.7. The van der Waals surface area contributed by atoms with E-state index in [1.165, 1.54) is 25.3 Å². The highest BCUT2D eigenvalue weighted by Crippen LogP contribution is 2.50. The number of nitrogen functional groups attached to an aromatic ring is 1. The number of sulfone groups is 1. The van der Waals surface area contributed by atoms with Crippen molar-refractivity contribution >= 4 is 21.5 Å². The van der Waals surface area contributed by atoms with Gasteiger partial charge in [-0.2, -0.15) is 0 Å². The van der Waals surface area contributed by atoms with Crippen LogP contribution in [0, 0.1) is 11.2 Å². The first kappa shape index (κ1) is 15.8. The van der Waals surface area contributed by atoms with Crippen LogP contribution in [0.5, 0.6) is 0 Å². The van der Waals surface area contributed by atoms with E-state index in [9.17, 15) is 17.6 Å². The van der Waals surface area contributed by atoms with E-state index in [-0.39, 0.29) is 23.4 Å². The van der Waals surface area contributed by atoms with Gasteiger partial charge in [0.25, 0.3) is 0 Å². The molecule has 1 aliphatic carbocycles. The predicted octanol–water partition coefficient (Wildman–Crippen LogP) is 1.67. The Balaban J connectivity index is 2.11. The number of hydrogen-bond acceptors (Lipinski definition) is 5. The number of anilines is 1. The van der Waals surface area contributed by atoms with Crippen LogP contribution in [0.1, 0.15) is 24.8 Å². The molecule has 0 atom stereocenters. The van der Waals surface area contributed by atoms with E-state index in [2.05, 4.69) is 4.74 Å². The molecule has 0 amide bonds. The van der Waals surface area contributed by atoms with Crippen molar-refractivity contribution in [3.8, 4) is 0 Å². The summed E-state index contributed by atoms with van der Waals surface area (Å²) in [5.41, 5.74) is 5.20. The lowest BCUT2D eigenvalue weighted by Gasteiger charge is -2.15. The van der Waals surface area contributed by atoms with Crippen LogP contribution in [-0.4, -0.2) is 27.2 Å². The van der Waals surface area contributed by atoms with Gasteiger partial charge < -0.3 is 10.5 Å². The van der Waals surface area contributed by atoms with Crippen LogP contribution >= 0.6 is 0 Å². The van der Waals surface area contributed by atoms with Crippen LogP contribution in [-0.2, 0) is 25.1 Å². The molecular weight excluding hydrogens is 297 g/mol. The summed E-state index contributed by atoms with van der Waals surface area (Å²) in [5, 5.41) is 0. The van der Waals surface area contributed by atoms with E-state index in [0.29, 0.717) is 12.8 Å². The Morgan fingerprint density at radius 2 is 2.10 bits per heavy atom. The predicted molar refractivity (Wildman–Crippen MR) is 76.6 cm³/mol. The Bertz CT molecular complexity index is 633. The van der Waals surface area contributed by atoms with E-state index in [0.717, 1.165) is 0 Å². The topological polar surface area (TPSA) is 86.5 Å². The first-order valence-electron chi connectivity index (χ1n) is 6.57. The second-order valence-electron chi connectivity index (χ2n) is 5.59. The molecule has 0 saturated heterocycles. The van der Waals surface area contributed by atoms with Gasteiger partial charge in [-0.25, -0.2) is 12.8 Å². The second kappa shape index (κ2) is 5.63. The van der Waals surface area contributed by atoms with Gasteiger partial charge in [0.1, 0.15) is 5.82 Å². The molecule has 5 nitrogen and oxygen atoms in total. The number of carbonyl (C=O) groups is 1. The zero-order chi connectivity index (χ0) is 15.7. The molecule has 1 aliphatic rings. The lowest BCUT2D eigenvalue weighted by molar-refractivity contribution is -0.141. The summed E-state index contributed by atoms with van der Waals surface area (Å²) in [7, 11) is -2.29. The minimum atomic E-state index is -3.56. The summed E-state index contributed by atoms with van der Waals surface area (Å²) in [5.74, 6) is -1.65. The minimum absolute atomic E-state index is 0.00799. The molecule has 7 heteroatoms. The normalized spacial score (nSPS) is 16.5. The van der Waals surface area contributed by atoms with Crippen molar-refractivity contribution < 1.29 is 22.3 Å². The van der Waals surface area contributed by atoms with E-state index >= 15 is 0 Å². The number of esters is 1. The van der Waals surface area contributed by atoms with Crippen molar-refractivity contribution in [1.82, 2.24) is 0 Å². The Kier molecular flexibility index (Phi) is 4.22. The van der Waals surface area contributed by atoms with Gasteiger partial charge >= 0.3 is 5.97 Å². The smallest absolute Gasteiger partial charge is 0.306 e. The highest BCUT2D eigenvalue weighted by Gasteiger charge is 2.48. The summed E-state index contributed by atoms with van der Waals surface area (Å²) >= 11 is 0. The zero-order valence-corrected chi connectivity index (χ0v) is 12.6. The van der Waals surface area contributed by atoms with Gasteiger partial charge in [0, 0.05) is 11.3 Å². The second-order valence-corrected chi connectivity index (χ2v) is 7.66. The number of halogens is 1. The molecule has 0 spiro atoms. The lowest BCUT2D eigenvalue weighted by Crippen LogP contribution is -2.23. The molecule has 1 aromatic rings. The third-order valence-electron chi connectivity index (χ3n) is 3.75. The van der Waals surface area contributed by atoms with Crippen molar-refractivity contribution in [1.29, 1.82) is 0 Å². The van der Waals surface area contributed by atoms with Crippen LogP contribution in [0.25, 0.3) is 0 Å². The highest BCUT2D eigenvalue weighted by molar-refractivity contribution is 7.90. The summed E-state index contributed by atoms with van der Waals surface area (Å²) in [4.78, 5) is 11.3. The molecule has 0 unspecified atom stereocenters. The average Bonchev–Trinajstić information content (AvgIpc) is 3.12. The molecule has 0 bridgehead atoms. The van der Waals surface area contributed by atoms with E-state index in [1.807, 2.05) is 0 Å². The van der Waals surface area contributed by atoms with E-state index < -0.39 is 32.8 Å². The van der Waals surface area contributed by atoms with Crippen molar-refractivity contribution in [2.24, 2.45) is 5.41 Å². The monoisotopic (exact) mass is 315 g/mol. The fraction of sp³-hybridized carbons (Fsp3) is 0.500. The minimum Gasteiger partial charge on any atom is -0.469 e. The molecule has 2 rings (SSSR count). The third-order valence-corrected chi connectivity index (χ3v) is 5.53. The molecule has 0 aliphatic heterocycles. The summed E-state index contributed by atoms with van der Waals surface area (Å²) in [6.45, 7) is 0. The Morgan fingerprint density at radius 1 is 1.43 bits per heavy atom. The van der Waals surface area contributed by atoms with Crippen LogP contribution < -0.4 is 5.73 Å². The van der Waals surface area contributed by atoms with Crippen molar-refractivity contribution in [3.63, 3.8) is 0 Å². The van der Waals surface area contributed by atoms with Crippen LogP contribution in [0.3, 0.4) is 0 Å². The van der Waals surface area contributed by atoms with Gasteiger partial charge in [-0.05, 0) is 30.4 Å². The van der Waals surface area contributed by atoms with Crippen LogP contribution in [0.2, 0.25) is 0 Å². The summed E-state index contributed by atoms with van der Waals surface area (Å²) in [6, 6.07) is 4.08. The zero-order valence-electron chi connectivity index (χ0n) is 11.8. The molecule has 0 radical (unpaired) electrons. The Hall–Kier alpha value is -1.63. The van der Waals surface area contributed by atoms with Gasteiger partial charge in [0.05, 0.1) is 25.0 Å². The van der Waals surface area contributed by atoms with Gasteiger partial charge in [-0.3, -0.25) is 4.79 Å². The maximum atomic E-state index is 13.7. The van der Waals surface area contributed by atoms with Crippen LogP contribution in [0.4, 0.5) is 10.1 Å². The molecule has 116 valence electrons. The number of benzene rings is 1. The molecule has 21 heavy (non-hydrogen) atoms. The summed E-state index contributed by atoms with van der Waals surface area (Å²) in [6.07, 6.45) is 1.40. The van der Waals surface area contributed by atoms with Gasteiger partial charge in [-0.15, -0.1) is 0 Å². The van der Waals surface area contributed by atoms with Crippen LogP contribution in [0.15, 0.2) is 18.2 Å². The maximum Gasteiger partial charge on any atom is 0.306 e. The SMILES string of the molecule is COC(=O)CC1(CS(=O)(=O)Cc2c(N)cccc2F)CC1. The number of carbonyl (C=O) groups excluding carboxylic acids is 1. The lowest BCUT2D eigenvalue weighted by atomic mass is 10.1. The quantitative estimate of drug-likeness (QED) is 0.637. The first-order chi connectivity index (χ1) is 9.77. The van der Waals surface area contributed by atoms with E-state index in [4.69, 9.17) is 5.73 Å². The van der Waals surface area contributed by atoms with E-state index in [1.54, 1.807) is 0 Å². The Morgan fingerprint density at radius 3 is 2.62 bits per heavy atom. The molecule has 0 aromatic heterocycles. The third kappa shape index (κ3) is 3.93. The highest BCUT2D eigenvalue weighted by atomic mass is 32.2. The average molecular weight is 315 g/mol. The van der Waals surface area contributed by atoms with Crippen molar-refractivity contribution in [2.75, 3.05) is 18.6 Å². The van der Waals surface area contributed by atoms with Gasteiger partial charge in [0.2, 0.25) is 0 Å². The number of ether oxygens (including phenoxy) is 1. The Labute approximate surface area is 123 Å². The number of rotatable bonds is 6. The largest absolute Gasteiger partial charge is 0.469 e. The van der Waals surface area contributed by atoms with Crippen molar-refractivity contribution in [3.05, 3.63) is 29.6 Å². The van der Waals surface area contributed by atoms with Gasteiger partial charge in [0.15, 0.2) is 9.84 Å². The number of hydrogen-bond donors (Lipinski definition) is 1. The van der Waals surface area contributed by atoms with Crippen molar-refractivity contribution in [2.45, 2.75) is 25.0 Å². The number of methoxy groups -OCH3 is 1. The summed E-state index contributed by atoms with van der Waals surface area (Å²) < 4.78 is 42.8. The molecule has 1 saturated carbocycles.